The number of hydrogen-bond acceptors (Lipinski definition) is 5. The summed E-state index contributed by atoms with van der Waals surface area (Å²) in [5, 5.41) is 6.21. The minimum absolute atomic E-state index is 0.166. The van der Waals surface area contributed by atoms with Crippen molar-refractivity contribution in [3.8, 4) is 11.3 Å². The second-order valence-corrected chi connectivity index (χ2v) is 10.8. The highest BCUT2D eigenvalue weighted by molar-refractivity contribution is 6.08. The van der Waals surface area contributed by atoms with Gasteiger partial charge in [0.25, 0.3) is 5.91 Å². The van der Waals surface area contributed by atoms with Gasteiger partial charge in [0.2, 0.25) is 0 Å². The van der Waals surface area contributed by atoms with E-state index < -0.39 is 0 Å². The van der Waals surface area contributed by atoms with Crippen molar-refractivity contribution in [1.29, 1.82) is 0 Å². The van der Waals surface area contributed by atoms with Crippen molar-refractivity contribution in [3.05, 3.63) is 102 Å². The van der Waals surface area contributed by atoms with Crippen molar-refractivity contribution in [2.24, 2.45) is 0 Å². The van der Waals surface area contributed by atoms with Crippen LogP contribution in [0.1, 0.15) is 35.7 Å². The van der Waals surface area contributed by atoms with E-state index in [-0.39, 0.29) is 12.0 Å². The first-order valence-electron chi connectivity index (χ1n) is 14.6. The molecule has 42 heavy (non-hydrogen) atoms. The first-order valence-corrected chi connectivity index (χ1v) is 14.6. The zero-order chi connectivity index (χ0) is 28.9. The molecule has 7 heteroatoms. The molecule has 6 rings (SSSR count). The molecule has 0 unspecified atom stereocenters. The Morgan fingerprint density at radius 1 is 0.833 bits per heavy atom. The highest BCUT2D eigenvalue weighted by atomic mass is 16.6. The molecular formula is C35H35N3O4. The van der Waals surface area contributed by atoms with Gasteiger partial charge in [0.15, 0.2) is 0 Å². The highest BCUT2D eigenvalue weighted by Crippen LogP contribution is 2.34. The van der Waals surface area contributed by atoms with Crippen LogP contribution in [0.2, 0.25) is 0 Å². The van der Waals surface area contributed by atoms with Crippen LogP contribution in [-0.4, -0.2) is 54.6 Å². The largest absolute Gasteiger partial charge is 0.456 e. The fourth-order valence-corrected chi connectivity index (χ4v) is 5.38. The smallest absolute Gasteiger partial charge is 0.409 e. The summed E-state index contributed by atoms with van der Waals surface area (Å²) in [5.41, 5.74) is 4.08. The predicted molar refractivity (Wildman–Crippen MR) is 167 cm³/mol. The summed E-state index contributed by atoms with van der Waals surface area (Å²) in [6, 6.07) is 29.7. The fourth-order valence-electron chi connectivity index (χ4n) is 5.38. The van der Waals surface area contributed by atoms with E-state index in [0.29, 0.717) is 36.7 Å². The summed E-state index contributed by atoms with van der Waals surface area (Å²) in [7, 11) is 0. The Morgan fingerprint density at radius 3 is 2.43 bits per heavy atom. The Morgan fingerprint density at radius 2 is 1.60 bits per heavy atom. The van der Waals surface area contributed by atoms with Crippen LogP contribution in [0.5, 0.6) is 0 Å². The summed E-state index contributed by atoms with van der Waals surface area (Å²) >= 11 is 0. The summed E-state index contributed by atoms with van der Waals surface area (Å²) < 4.78 is 11.7. The molecule has 2 amide bonds. The maximum absolute atomic E-state index is 13.2. The number of nitrogens with one attached hydrogen (secondary N) is 1. The molecule has 1 N–H and O–H groups in total. The molecule has 1 aliphatic rings. The molecule has 1 fully saturated rings. The van der Waals surface area contributed by atoms with Crippen LogP contribution in [-0.2, 0) is 11.3 Å². The van der Waals surface area contributed by atoms with Crippen LogP contribution in [0.3, 0.4) is 0 Å². The van der Waals surface area contributed by atoms with Gasteiger partial charge >= 0.3 is 6.09 Å². The number of amides is 2. The van der Waals surface area contributed by atoms with Gasteiger partial charge in [-0.25, -0.2) is 4.79 Å². The van der Waals surface area contributed by atoms with Crippen molar-refractivity contribution in [2.75, 3.05) is 38.1 Å². The topological polar surface area (TPSA) is 75.0 Å². The number of unbranched alkanes of at least 4 members (excludes halogenated alkanes) is 1. The van der Waals surface area contributed by atoms with Crippen molar-refractivity contribution in [2.45, 2.75) is 26.3 Å². The number of carbonyl (C=O) groups is 2. The molecular weight excluding hydrogens is 526 g/mol. The van der Waals surface area contributed by atoms with Crippen LogP contribution < -0.4 is 5.32 Å². The Kier molecular flexibility index (Phi) is 8.19. The van der Waals surface area contributed by atoms with E-state index in [4.69, 9.17) is 9.15 Å². The molecule has 4 aromatic carbocycles. The number of rotatable bonds is 8. The summed E-state index contributed by atoms with van der Waals surface area (Å²) in [4.78, 5) is 29.6. The van der Waals surface area contributed by atoms with Crippen LogP contribution in [0.25, 0.3) is 33.1 Å². The van der Waals surface area contributed by atoms with Gasteiger partial charge in [0.1, 0.15) is 11.3 Å². The Hall–Kier alpha value is -4.62. The van der Waals surface area contributed by atoms with Crippen molar-refractivity contribution in [1.82, 2.24) is 9.80 Å². The zero-order valence-corrected chi connectivity index (χ0v) is 23.8. The number of hydrogen-bond donors (Lipinski definition) is 1. The lowest BCUT2D eigenvalue weighted by Gasteiger charge is -2.34. The molecule has 1 aromatic heterocycles. The molecule has 1 aliphatic heterocycles. The van der Waals surface area contributed by atoms with Crippen LogP contribution >= 0.6 is 0 Å². The number of anilines is 1. The van der Waals surface area contributed by atoms with Crippen LogP contribution in [0, 0.1) is 0 Å². The Labute approximate surface area is 245 Å². The molecule has 7 nitrogen and oxygen atoms in total. The quantitative estimate of drug-likeness (QED) is 0.198. The minimum Gasteiger partial charge on any atom is -0.456 e. The average Bonchev–Trinajstić information content (AvgIpc) is 3.45. The standard InChI is InChI=1S/C35H35N3O4/c1-2-3-20-41-35(40)38-18-16-37(17-19-38)24-25-12-13-28-23-33(42-32(28)21-25)30-10-6-7-11-31(30)36-34(39)29-15-14-26-8-4-5-9-27(26)22-29/h4-15,21-23H,2-3,16-20,24H2,1H3,(H,36,39). The van der Waals surface area contributed by atoms with Gasteiger partial charge in [-0.15, -0.1) is 0 Å². The summed E-state index contributed by atoms with van der Waals surface area (Å²) in [5.74, 6) is 0.535. The number of fused-ring (bicyclic) bond motifs is 2. The maximum atomic E-state index is 13.2. The van der Waals surface area contributed by atoms with E-state index in [1.54, 1.807) is 4.90 Å². The molecule has 1 saturated heterocycles. The molecule has 2 heterocycles. The van der Waals surface area contributed by atoms with Crippen molar-refractivity contribution < 1.29 is 18.7 Å². The molecule has 0 bridgehead atoms. The van der Waals surface area contributed by atoms with E-state index in [0.717, 1.165) is 65.3 Å². The number of nitrogens with zero attached hydrogens (tertiary/aromatic N) is 2. The summed E-state index contributed by atoms with van der Waals surface area (Å²) in [6.07, 6.45) is 1.70. The molecule has 0 aliphatic carbocycles. The lowest BCUT2D eigenvalue weighted by atomic mass is 10.1. The molecule has 0 saturated carbocycles. The average molecular weight is 562 g/mol. The molecule has 0 spiro atoms. The van der Waals surface area contributed by atoms with Gasteiger partial charge in [-0.05, 0) is 59.2 Å². The third-order valence-corrected chi connectivity index (χ3v) is 7.80. The lowest BCUT2D eigenvalue weighted by molar-refractivity contribution is 0.0737. The molecule has 5 aromatic rings. The third-order valence-electron chi connectivity index (χ3n) is 7.80. The van der Waals surface area contributed by atoms with E-state index in [1.807, 2.05) is 72.8 Å². The van der Waals surface area contributed by atoms with Crippen LogP contribution in [0.15, 0.2) is 95.4 Å². The van der Waals surface area contributed by atoms with Gasteiger partial charge in [0, 0.05) is 49.2 Å². The van der Waals surface area contributed by atoms with Crippen LogP contribution in [0.4, 0.5) is 10.5 Å². The van der Waals surface area contributed by atoms with Crippen molar-refractivity contribution in [3.63, 3.8) is 0 Å². The SMILES string of the molecule is CCCCOC(=O)N1CCN(Cc2ccc3cc(-c4ccccc4NC(=O)c4ccc5ccccc5c4)oc3c2)CC1. The summed E-state index contributed by atoms with van der Waals surface area (Å²) in [6.45, 7) is 6.29. The Bertz CT molecular complexity index is 1720. The van der Waals surface area contributed by atoms with Gasteiger partial charge in [-0.1, -0.05) is 67.9 Å². The molecule has 0 radical (unpaired) electrons. The van der Waals surface area contributed by atoms with Gasteiger partial charge in [-0.3, -0.25) is 9.69 Å². The lowest BCUT2D eigenvalue weighted by Crippen LogP contribution is -2.48. The van der Waals surface area contributed by atoms with E-state index in [1.165, 1.54) is 0 Å². The van der Waals surface area contributed by atoms with E-state index in [9.17, 15) is 9.59 Å². The van der Waals surface area contributed by atoms with E-state index in [2.05, 4.69) is 35.3 Å². The Balaban J connectivity index is 1.13. The fraction of sp³-hybridized carbons (Fsp3) is 0.257. The number of furan rings is 1. The molecule has 0 atom stereocenters. The van der Waals surface area contributed by atoms with Crippen molar-refractivity contribution >= 4 is 39.4 Å². The second kappa shape index (κ2) is 12.5. The van der Waals surface area contributed by atoms with Gasteiger partial charge in [-0.2, -0.15) is 0 Å². The normalized spacial score (nSPS) is 13.9. The zero-order valence-electron chi connectivity index (χ0n) is 23.8. The number of para-hydroxylation sites is 1. The number of benzene rings is 4. The van der Waals surface area contributed by atoms with Gasteiger partial charge in [0.05, 0.1) is 12.3 Å². The number of ether oxygens (including phenoxy) is 1. The highest BCUT2D eigenvalue weighted by Gasteiger charge is 2.22. The number of piperazine rings is 1. The third kappa shape index (κ3) is 6.16. The first-order chi connectivity index (χ1) is 20.6. The monoisotopic (exact) mass is 561 g/mol. The first kappa shape index (κ1) is 27.5. The predicted octanol–water partition coefficient (Wildman–Crippen LogP) is 7.56. The van der Waals surface area contributed by atoms with E-state index >= 15 is 0 Å². The number of carbonyl (C=O) groups excluding carboxylic acids is 2. The minimum atomic E-state index is -0.207. The maximum Gasteiger partial charge on any atom is 0.409 e. The molecule has 214 valence electrons. The second-order valence-electron chi connectivity index (χ2n) is 10.8. The van der Waals surface area contributed by atoms with Gasteiger partial charge < -0.3 is 19.4 Å².